The minimum absolute atomic E-state index is 0.0746. The van der Waals surface area contributed by atoms with Gasteiger partial charge in [-0.2, -0.15) is 0 Å². The largest absolute Gasteiger partial charge is 0.496 e. The number of nitrogens with one attached hydrogen (secondary N) is 1. The van der Waals surface area contributed by atoms with Gasteiger partial charge in [-0.3, -0.25) is 4.79 Å². The van der Waals surface area contributed by atoms with Crippen LogP contribution < -0.4 is 10.1 Å². The van der Waals surface area contributed by atoms with Gasteiger partial charge in [0.2, 0.25) is 5.91 Å². The maximum absolute atomic E-state index is 12.0. The highest BCUT2D eigenvalue weighted by atomic mass is 16.5. The number of hydrogen-bond donors (Lipinski definition) is 1. The Balaban J connectivity index is 1.54. The van der Waals surface area contributed by atoms with Crippen molar-refractivity contribution in [3.8, 4) is 5.75 Å². The van der Waals surface area contributed by atoms with Gasteiger partial charge in [0.05, 0.1) is 13.5 Å². The van der Waals surface area contributed by atoms with E-state index in [1.807, 2.05) is 24.3 Å². The van der Waals surface area contributed by atoms with Gasteiger partial charge in [-0.1, -0.05) is 31.0 Å². The van der Waals surface area contributed by atoms with Crippen LogP contribution in [0.3, 0.4) is 0 Å². The number of likely N-dealkylation sites (tertiary alicyclic amines) is 1. The number of rotatable bonds is 9. The zero-order chi connectivity index (χ0) is 16.3. The van der Waals surface area contributed by atoms with Crippen molar-refractivity contribution in [2.75, 3.05) is 33.3 Å². The first kappa shape index (κ1) is 17.8. The number of nitrogens with zero attached hydrogens (tertiary/aromatic N) is 1. The standard InChI is InChI=1S/C19H30N2O2/c1-23-18-11-5-4-10-17(18)16-19(22)20-12-6-2-7-13-21-14-8-3-9-15-21/h4-5,10-11H,2-3,6-9,12-16H2,1H3,(H,20,22). The molecule has 1 amide bonds. The van der Waals surface area contributed by atoms with Crippen molar-refractivity contribution in [1.29, 1.82) is 0 Å². The quantitative estimate of drug-likeness (QED) is 0.712. The molecule has 0 unspecified atom stereocenters. The fraction of sp³-hybridized carbons (Fsp3) is 0.632. The molecule has 0 atom stereocenters. The Morgan fingerprint density at radius 3 is 2.70 bits per heavy atom. The number of unbranched alkanes of at least 4 members (excludes halogenated alkanes) is 2. The van der Waals surface area contributed by atoms with Crippen LogP contribution in [0.2, 0.25) is 0 Å². The van der Waals surface area contributed by atoms with E-state index in [0.29, 0.717) is 6.42 Å². The van der Waals surface area contributed by atoms with E-state index in [1.165, 1.54) is 51.7 Å². The van der Waals surface area contributed by atoms with E-state index in [1.54, 1.807) is 7.11 Å². The minimum Gasteiger partial charge on any atom is -0.496 e. The van der Waals surface area contributed by atoms with E-state index in [9.17, 15) is 4.79 Å². The summed E-state index contributed by atoms with van der Waals surface area (Å²) in [7, 11) is 1.64. The number of carbonyl (C=O) groups excluding carboxylic acids is 1. The van der Waals surface area contributed by atoms with Gasteiger partial charge < -0.3 is 15.0 Å². The smallest absolute Gasteiger partial charge is 0.224 e. The first-order chi connectivity index (χ1) is 11.3. The molecule has 1 aliphatic rings. The lowest BCUT2D eigenvalue weighted by Gasteiger charge is -2.26. The zero-order valence-corrected chi connectivity index (χ0v) is 14.4. The Morgan fingerprint density at radius 2 is 1.91 bits per heavy atom. The predicted molar refractivity (Wildman–Crippen MR) is 93.8 cm³/mol. The summed E-state index contributed by atoms with van der Waals surface area (Å²) in [6.45, 7) is 4.54. The second-order valence-corrected chi connectivity index (χ2v) is 6.30. The highest BCUT2D eigenvalue weighted by Crippen LogP contribution is 2.17. The molecule has 0 aliphatic carbocycles. The number of hydrogen-bond acceptors (Lipinski definition) is 3. The van der Waals surface area contributed by atoms with E-state index in [4.69, 9.17) is 4.74 Å². The fourth-order valence-electron chi connectivity index (χ4n) is 3.13. The number of para-hydroxylation sites is 1. The van der Waals surface area contributed by atoms with Crippen molar-refractivity contribution in [2.24, 2.45) is 0 Å². The second-order valence-electron chi connectivity index (χ2n) is 6.30. The average Bonchev–Trinajstić information content (AvgIpc) is 2.59. The molecule has 0 radical (unpaired) electrons. The maximum Gasteiger partial charge on any atom is 0.224 e. The topological polar surface area (TPSA) is 41.6 Å². The van der Waals surface area contributed by atoms with E-state index < -0.39 is 0 Å². The Bertz CT molecular complexity index is 470. The van der Waals surface area contributed by atoms with Crippen molar-refractivity contribution in [3.63, 3.8) is 0 Å². The molecule has 4 nitrogen and oxygen atoms in total. The SMILES string of the molecule is COc1ccccc1CC(=O)NCCCCCN1CCCCC1. The van der Waals surface area contributed by atoms with Crippen molar-refractivity contribution >= 4 is 5.91 Å². The summed E-state index contributed by atoms with van der Waals surface area (Å²) < 4.78 is 5.28. The van der Waals surface area contributed by atoms with Crippen LogP contribution in [0.25, 0.3) is 0 Å². The Hall–Kier alpha value is -1.55. The van der Waals surface area contributed by atoms with Crippen LogP contribution in [0.15, 0.2) is 24.3 Å². The number of ether oxygens (including phenoxy) is 1. The zero-order valence-electron chi connectivity index (χ0n) is 14.4. The van der Waals surface area contributed by atoms with E-state index in [2.05, 4.69) is 10.2 Å². The number of methoxy groups -OCH3 is 1. The molecule has 1 aromatic rings. The molecule has 4 heteroatoms. The van der Waals surface area contributed by atoms with E-state index >= 15 is 0 Å². The van der Waals surface area contributed by atoms with Gasteiger partial charge in [0.15, 0.2) is 0 Å². The molecule has 0 bridgehead atoms. The van der Waals surface area contributed by atoms with Gasteiger partial charge in [-0.05, 0) is 51.4 Å². The third kappa shape index (κ3) is 6.61. The first-order valence-electron chi connectivity index (χ1n) is 8.90. The predicted octanol–water partition coefficient (Wildman–Crippen LogP) is 3.01. The number of carbonyl (C=O) groups is 1. The van der Waals surface area contributed by atoms with Crippen LogP contribution in [-0.2, 0) is 11.2 Å². The summed E-state index contributed by atoms with van der Waals surface area (Å²) in [5.74, 6) is 0.856. The highest BCUT2D eigenvalue weighted by Gasteiger charge is 2.09. The van der Waals surface area contributed by atoms with Gasteiger partial charge in [0.1, 0.15) is 5.75 Å². The summed E-state index contributed by atoms with van der Waals surface area (Å²) in [4.78, 5) is 14.6. The van der Waals surface area contributed by atoms with Crippen LogP contribution in [0.5, 0.6) is 5.75 Å². The Labute approximate surface area is 140 Å². The van der Waals surface area contributed by atoms with E-state index in [-0.39, 0.29) is 5.91 Å². The van der Waals surface area contributed by atoms with Crippen molar-refractivity contribution in [2.45, 2.75) is 44.9 Å². The van der Waals surface area contributed by atoms with Crippen LogP contribution >= 0.6 is 0 Å². The molecule has 1 fully saturated rings. The van der Waals surface area contributed by atoms with Crippen LogP contribution in [0, 0.1) is 0 Å². The maximum atomic E-state index is 12.0. The molecular weight excluding hydrogens is 288 g/mol. The lowest BCUT2D eigenvalue weighted by atomic mass is 10.1. The number of piperidine rings is 1. The van der Waals surface area contributed by atoms with Crippen molar-refractivity contribution in [1.82, 2.24) is 10.2 Å². The third-order valence-corrected chi connectivity index (χ3v) is 4.47. The van der Waals surface area contributed by atoms with Crippen molar-refractivity contribution < 1.29 is 9.53 Å². The van der Waals surface area contributed by atoms with Gasteiger partial charge in [0.25, 0.3) is 0 Å². The summed E-state index contributed by atoms with van der Waals surface area (Å²) in [5, 5.41) is 3.01. The average molecular weight is 318 g/mol. The lowest BCUT2D eigenvalue weighted by molar-refractivity contribution is -0.120. The van der Waals surface area contributed by atoms with Gasteiger partial charge in [-0.15, -0.1) is 0 Å². The Morgan fingerprint density at radius 1 is 1.13 bits per heavy atom. The summed E-state index contributed by atoms with van der Waals surface area (Å²) >= 11 is 0. The molecule has 1 heterocycles. The van der Waals surface area contributed by atoms with E-state index in [0.717, 1.165) is 24.3 Å². The van der Waals surface area contributed by atoms with Crippen LogP contribution in [-0.4, -0.2) is 44.1 Å². The Kier molecular flexibility index (Phi) is 7.95. The molecule has 1 aromatic carbocycles. The third-order valence-electron chi connectivity index (χ3n) is 4.47. The summed E-state index contributed by atoms with van der Waals surface area (Å²) in [6.07, 6.45) is 7.99. The van der Waals surface area contributed by atoms with Crippen LogP contribution in [0.1, 0.15) is 44.1 Å². The molecule has 1 aliphatic heterocycles. The highest BCUT2D eigenvalue weighted by molar-refractivity contribution is 5.79. The van der Waals surface area contributed by atoms with Gasteiger partial charge in [0, 0.05) is 12.1 Å². The van der Waals surface area contributed by atoms with Crippen molar-refractivity contribution in [3.05, 3.63) is 29.8 Å². The molecular formula is C19H30N2O2. The van der Waals surface area contributed by atoms with Gasteiger partial charge >= 0.3 is 0 Å². The number of benzene rings is 1. The molecule has 0 saturated carbocycles. The monoisotopic (exact) mass is 318 g/mol. The summed E-state index contributed by atoms with van der Waals surface area (Å²) in [5.41, 5.74) is 0.942. The summed E-state index contributed by atoms with van der Waals surface area (Å²) in [6, 6.07) is 7.69. The molecule has 2 rings (SSSR count). The number of amides is 1. The van der Waals surface area contributed by atoms with Gasteiger partial charge in [-0.25, -0.2) is 0 Å². The first-order valence-corrected chi connectivity index (χ1v) is 8.90. The minimum atomic E-state index is 0.0746. The molecule has 0 aromatic heterocycles. The molecule has 0 spiro atoms. The fourth-order valence-corrected chi connectivity index (χ4v) is 3.13. The van der Waals surface area contributed by atoms with Crippen LogP contribution in [0.4, 0.5) is 0 Å². The molecule has 1 saturated heterocycles. The molecule has 23 heavy (non-hydrogen) atoms. The molecule has 128 valence electrons. The lowest BCUT2D eigenvalue weighted by Crippen LogP contribution is -2.30. The molecule has 1 N–H and O–H groups in total. The second kappa shape index (κ2) is 10.3. The normalized spacial score (nSPS) is 15.3.